The van der Waals surface area contributed by atoms with Crippen LogP contribution >= 0.6 is 0 Å². The molecule has 0 aliphatic rings. The van der Waals surface area contributed by atoms with E-state index >= 15 is 0 Å². The Labute approximate surface area is 118 Å². The van der Waals surface area contributed by atoms with Crippen LogP contribution in [0.25, 0.3) is 0 Å². The summed E-state index contributed by atoms with van der Waals surface area (Å²) in [7, 11) is 0. The molecule has 0 rings (SSSR count). The summed E-state index contributed by atoms with van der Waals surface area (Å²) in [6.07, 6.45) is 13.4. The van der Waals surface area contributed by atoms with E-state index in [1.54, 1.807) is 21.7 Å². The Balaban J connectivity index is 4.20. The molecule has 0 bridgehead atoms. The van der Waals surface area contributed by atoms with E-state index in [0.717, 1.165) is 0 Å². The van der Waals surface area contributed by atoms with Crippen LogP contribution in [0, 0.1) is 0 Å². The predicted octanol–water partition coefficient (Wildman–Crippen LogP) is 6.44. The zero-order valence-electron chi connectivity index (χ0n) is 12.9. The van der Waals surface area contributed by atoms with Crippen molar-refractivity contribution >= 4 is 19.8 Å². The number of unbranched alkanes of at least 4 members (excludes halogenated alkanes) is 3. The molecule has 1 radical (unpaired) electrons. The molecule has 0 aliphatic carbocycles. The number of rotatable bonds is 12. The fraction of sp³-hybridized carbons (Fsp3) is 1.00. The van der Waals surface area contributed by atoms with E-state index < -0.39 is 19.8 Å². The van der Waals surface area contributed by atoms with E-state index in [2.05, 4.69) is 27.7 Å². The Morgan fingerprint density at radius 1 is 0.647 bits per heavy atom. The summed E-state index contributed by atoms with van der Waals surface area (Å²) in [5.41, 5.74) is 0. The van der Waals surface area contributed by atoms with Crippen molar-refractivity contribution in [2.24, 2.45) is 0 Å². The van der Waals surface area contributed by atoms with Gasteiger partial charge in [-0.1, -0.05) is 0 Å². The Morgan fingerprint density at radius 3 is 1.59 bits per heavy atom. The first-order valence-corrected chi connectivity index (χ1v) is 13.8. The van der Waals surface area contributed by atoms with E-state index in [9.17, 15) is 0 Å². The minimum absolute atomic E-state index is 1.04. The van der Waals surface area contributed by atoms with Crippen molar-refractivity contribution < 1.29 is 0 Å². The summed E-state index contributed by atoms with van der Waals surface area (Å²) < 4.78 is 4.60. The van der Waals surface area contributed by atoms with Crippen LogP contribution < -0.4 is 0 Å². The van der Waals surface area contributed by atoms with Crippen LogP contribution in [-0.4, -0.2) is 19.8 Å². The van der Waals surface area contributed by atoms with Crippen molar-refractivity contribution in [2.45, 2.75) is 98.3 Å². The van der Waals surface area contributed by atoms with Gasteiger partial charge in [-0.15, -0.1) is 0 Å². The average Bonchev–Trinajstić information content (AvgIpc) is 2.35. The summed E-state index contributed by atoms with van der Waals surface area (Å²) in [6.45, 7) is 9.46. The van der Waals surface area contributed by atoms with Gasteiger partial charge in [-0.05, 0) is 0 Å². The molecular weight excluding hydrogens is 311 g/mol. The van der Waals surface area contributed by atoms with Crippen LogP contribution in [-0.2, 0) is 0 Å². The second-order valence-electron chi connectivity index (χ2n) is 5.49. The molecule has 0 amide bonds. The standard InChI is InChI=1S/C8H17.2C4H9.Sn/c1-3-5-7-8-6-4-2;2*1-3-4-2;/h7H,3-6,8H2,1-2H3;2*1,3-4H2,2H3;. The second kappa shape index (κ2) is 13.2. The predicted molar refractivity (Wildman–Crippen MR) is 83.4 cm³/mol. The summed E-state index contributed by atoms with van der Waals surface area (Å²) in [5.74, 6) is 0. The molecule has 17 heavy (non-hydrogen) atoms. The van der Waals surface area contributed by atoms with E-state index in [0.29, 0.717) is 0 Å². The minimum atomic E-state index is -1.04. The third kappa shape index (κ3) is 9.39. The normalized spacial score (nSPS) is 13.2. The van der Waals surface area contributed by atoms with Crippen LogP contribution in [0.5, 0.6) is 0 Å². The fourth-order valence-corrected chi connectivity index (χ4v) is 14.1. The van der Waals surface area contributed by atoms with E-state index in [1.165, 1.54) is 48.9 Å². The maximum atomic E-state index is 2.39. The van der Waals surface area contributed by atoms with Gasteiger partial charge in [0.25, 0.3) is 0 Å². The molecule has 0 saturated carbocycles. The molecule has 0 aromatic rings. The molecule has 0 spiro atoms. The average molecular weight is 346 g/mol. The monoisotopic (exact) mass is 347 g/mol. The quantitative estimate of drug-likeness (QED) is 0.357. The van der Waals surface area contributed by atoms with Gasteiger partial charge in [-0.3, -0.25) is 0 Å². The number of hydrogen-bond donors (Lipinski definition) is 0. The SMILES string of the molecule is CCCC[CH](CCC)[Sn]([CH2]CCC)[CH2]CCC. The fourth-order valence-electron chi connectivity index (χ4n) is 2.69. The van der Waals surface area contributed by atoms with Crippen molar-refractivity contribution in [3.63, 3.8) is 0 Å². The van der Waals surface area contributed by atoms with Gasteiger partial charge >= 0.3 is 118 Å². The zero-order chi connectivity index (χ0) is 12.9. The molecule has 0 N–H and O–H groups in total. The van der Waals surface area contributed by atoms with Gasteiger partial charge in [0.1, 0.15) is 0 Å². The van der Waals surface area contributed by atoms with Crippen LogP contribution in [0.1, 0.15) is 85.5 Å². The third-order valence-corrected chi connectivity index (χ3v) is 14.5. The summed E-state index contributed by atoms with van der Waals surface area (Å²) >= 11 is -1.04. The maximum absolute atomic E-state index is 2.39. The van der Waals surface area contributed by atoms with Gasteiger partial charge in [0.2, 0.25) is 0 Å². The van der Waals surface area contributed by atoms with Crippen molar-refractivity contribution in [3.05, 3.63) is 0 Å². The molecule has 0 aromatic heterocycles. The van der Waals surface area contributed by atoms with Gasteiger partial charge in [-0.25, -0.2) is 0 Å². The van der Waals surface area contributed by atoms with Crippen molar-refractivity contribution in [3.8, 4) is 0 Å². The summed E-state index contributed by atoms with van der Waals surface area (Å²) in [6, 6.07) is 0. The van der Waals surface area contributed by atoms with Crippen LogP contribution in [0.2, 0.25) is 12.8 Å². The van der Waals surface area contributed by atoms with E-state index in [4.69, 9.17) is 0 Å². The van der Waals surface area contributed by atoms with Crippen LogP contribution in [0.3, 0.4) is 0 Å². The van der Waals surface area contributed by atoms with Gasteiger partial charge in [0.05, 0.1) is 0 Å². The van der Waals surface area contributed by atoms with Crippen LogP contribution in [0.15, 0.2) is 0 Å². The first kappa shape index (κ1) is 17.8. The number of hydrogen-bond acceptors (Lipinski definition) is 0. The first-order valence-electron chi connectivity index (χ1n) is 8.14. The first-order chi connectivity index (χ1) is 8.29. The molecule has 1 heteroatoms. The molecule has 1 atom stereocenters. The van der Waals surface area contributed by atoms with Gasteiger partial charge in [0.15, 0.2) is 0 Å². The molecule has 0 aliphatic heterocycles. The molecule has 103 valence electrons. The summed E-state index contributed by atoms with van der Waals surface area (Å²) in [5, 5.41) is 0. The molecule has 1 unspecified atom stereocenters. The Bertz CT molecular complexity index is 136. The van der Waals surface area contributed by atoms with Crippen molar-refractivity contribution in [1.82, 2.24) is 0 Å². The van der Waals surface area contributed by atoms with Gasteiger partial charge < -0.3 is 0 Å². The van der Waals surface area contributed by atoms with Crippen LogP contribution in [0.4, 0.5) is 0 Å². The van der Waals surface area contributed by atoms with Crippen molar-refractivity contribution in [2.75, 3.05) is 0 Å². The molecule has 0 aromatic carbocycles. The zero-order valence-corrected chi connectivity index (χ0v) is 15.7. The summed E-state index contributed by atoms with van der Waals surface area (Å²) in [4.78, 5) is 0. The third-order valence-electron chi connectivity index (χ3n) is 3.82. The Kier molecular flexibility index (Phi) is 13.9. The van der Waals surface area contributed by atoms with E-state index in [-0.39, 0.29) is 0 Å². The van der Waals surface area contributed by atoms with Gasteiger partial charge in [-0.2, -0.15) is 0 Å². The molecule has 0 heterocycles. The topological polar surface area (TPSA) is 0 Å². The molecular formula is C16H35Sn. The Hall–Kier alpha value is 0.799. The van der Waals surface area contributed by atoms with Gasteiger partial charge in [0, 0.05) is 0 Å². The second-order valence-corrected chi connectivity index (χ2v) is 14.4. The molecule has 0 saturated heterocycles. The molecule has 0 nitrogen and oxygen atoms in total. The van der Waals surface area contributed by atoms with E-state index in [1.807, 2.05) is 0 Å². The Morgan fingerprint density at radius 2 is 1.18 bits per heavy atom. The van der Waals surface area contributed by atoms with Crippen molar-refractivity contribution in [1.29, 1.82) is 0 Å². The molecule has 0 fully saturated rings.